The van der Waals surface area contributed by atoms with Gasteiger partial charge in [-0.25, -0.2) is 0 Å². The summed E-state index contributed by atoms with van der Waals surface area (Å²) in [7, 11) is -8.05. The number of hydrogen-bond acceptors (Lipinski definition) is 4. The lowest BCUT2D eigenvalue weighted by Gasteiger charge is -2.21. The largest absolute Gasteiger partial charge is 0.367 e. The third-order valence-corrected chi connectivity index (χ3v) is 8.42. The van der Waals surface area contributed by atoms with Crippen LogP contribution in [0.1, 0.15) is 58.6 Å². The number of benzene rings is 1. The van der Waals surface area contributed by atoms with Crippen LogP contribution in [-0.4, -0.2) is 28.1 Å². The fraction of sp³-hybridized carbons (Fsp3) is 0.524. The Morgan fingerprint density at radius 2 is 1.72 bits per heavy atom. The van der Waals surface area contributed by atoms with Crippen LogP contribution in [0.4, 0.5) is 0 Å². The quantitative estimate of drug-likeness (QED) is 0.297. The molecule has 0 saturated carbocycles. The first-order valence-electron chi connectivity index (χ1n) is 9.67. The minimum Gasteiger partial charge on any atom is -0.367 e. The summed E-state index contributed by atoms with van der Waals surface area (Å²) in [6.07, 6.45) is 5.67. The molecule has 0 aliphatic carbocycles. The van der Waals surface area contributed by atoms with Crippen molar-refractivity contribution in [3.63, 3.8) is 0 Å². The van der Waals surface area contributed by atoms with Crippen molar-refractivity contribution in [1.82, 2.24) is 0 Å². The normalized spacial score (nSPS) is 14.7. The van der Waals surface area contributed by atoms with Gasteiger partial charge in [-0.2, -0.15) is 0 Å². The second kappa shape index (κ2) is 12.0. The topological polar surface area (TPSA) is 93.1 Å². The summed E-state index contributed by atoms with van der Waals surface area (Å²) in [4.78, 5) is 18.3. The molecule has 1 rings (SSSR count). The summed E-state index contributed by atoms with van der Waals surface area (Å²) in [6.45, 7) is 9.83. The zero-order valence-corrected chi connectivity index (χ0v) is 19.8. The van der Waals surface area contributed by atoms with Crippen molar-refractivity contribution in [1.29, 1.82) is 0 Å². The van der Waals surface area contributed by atoms with Gasteiger partial charge in [-0.3, -0.25) is 9.13 Å². The van der Waals surface area contributed by atoms with Gasteiger partial charge in [0.25, 0.3) is 0 Å². The fourth-order valence-electron chi connectivity index (χ4n) is 2.73. The fourth-order valence-corrected chi connectivity index (χ4v) is 6.76. The van der Waals surface area contributed by atoms with Gasteiger partial charge in [0.15, 0.2) is 0 Å². The van der Waals surface area contributed by atoms with Crippen LogP contribution in [0.2, 0.25) is 0 Å². The molecule has 0 radical (unpaired) electrons. The first-order chi connectivity index (χ1) is 13.4. The first kappa shape index (κ1) is 26.0. The SMILES string of the molecule is CC(C)=CCC/C(C)=C/c1ccc(COCP(=O)(CP(=O)(O)O)OC(C)C)cc1. The van der Waals surface area contributed by atoms with Crippen molar-refractivity contribution < 1.29 is 28.2 Å². The molecule has 1 aromatic rings. The van der Waals surface area contributed by atoms with Crippen molar-refractivity contribution in [3.05, 3.63) is 52.6 Å². The predicted octanol–water partition coefficient (Wildman–Crippen LogP) is 6.15. The van der Waals surface area contributed by atoms with Gasteiger partial charge in [0.1, 0.15) is 12.3 Å². The van der Waals surface area contributed by atoms with E-state index in [9.17, 15) is 9.13 Å². The van der Waals surface area contributed by atoms with Gasteiger partial charge in [0, 0.05) is 0 Å². The lowest BCUT2D eigenvalue weighted by atomic mass is 10.1. The summed E-state index contributed by atoms with van der Waals surface area (Å²) >= 11 is 0. The smallest absolute Gasteiger partial charge is 0.335 e. The van der Waals surface area contributed by atoms with E-state index in [0.717, 1.165) is 24.0 Å². The molecule has 0 aliphatic rings. The second-order valence-electron chi connectivity index (χ2n) is 7.80. The Morgan fingerprint density at radius 1 is 1.10 bits per heavy atom. The van der Waals surface area contributed by atoms with E-state index in [1.54, 1.807) is 13.8 Å². The highest BCUT2D eigenvalue weighted by Crippen LogP contribution is 2.58. The van der Waals surface area contributed by atoms with Gasteiger partial charge >= 0.3 is 7.60 Å². The summed E-state index contributed by atoms with van der Waals surface area (Å²) in [5, 5.41) is 0. The van der Waals surface area contributed by atoms with Crippen LogP contribution < -0.4 is 0 Å². The lowest BCUT2D eigenvalue weighted by Crippen LogP contribution is -2.09. The highest BCUT2D eigenvalue weighted by molar-refractivity contribution is 7.73. The van der Waals surface area contributed by atoms with Crippen LogP contribution >= 0.6 is 15.0 Å². The molecule has 29 heavy (non-hydrogen) atoms. The van der Waals surface area contributed by atoms with Crippen LogP contribution in [0.25, 0.3) is 6.08 Å². The molecular formula is C21H34O6P2. The molecule has 0 fully saturated rings. The van der Waals surface area contributed by atoms with Crippen molar-refractivity contribution in [3.8, 4) is 0 Å². The Kier molecular flexibility index (Phi) is 10.8. The predicted molar refractivity (Wildman–Crippen MR) is 119 cm³/mol. The molecule has 6 nitrogen and oxygen atoms in total. The summed E-state index contributed by atoms with van der Waals surface area (Å²) in [6, 6.07) is 7.82. The third-order valence-electron chi connectivity index (χ3n) is 3.84. The van der Waals surface area contributed by atoms with E-state index < -0.39 is 27.0 Å². The molecule has 8 heteroatoms. The minimum atomic E-state index is -4.47. The van der Waals surface area contributed by atoms with Crippen LogP contribution in [0.15, 0.2) is 41.5 Å². The van der Waals surface area contributed by atoms with Crippen molar-refractivity contribution in [2.45, 2.75) is 60.2 Å². The van der Waals surface area contributed by atoms with Crippen LogP contribution in [0, 0.1) is 0 Å². The van der Waals surface area contributed by atoms with Gasteiger partial charge in [0.2, 0.25) is 7.37 Å². The lowest BCUT2D eigenvalue weighted by molar-refractivity contribution is 0.141. The number of allylic oxidation sites excluding steroid dienone is 3. The highest BCUT2D eigenvalue weighted by Gasteiger charge is 2.34. The molecule has 1 aromatic carbocycles. The van der Waals surface area contributed by atoms with Gasteiger partial charge in [-0.05, 0) is 58.6 Å². The van der Waals surface area contributed by atoms with E-state index in [-0.39, 0.29) is 13.0 Å². The Balaban J connectivity index is 2.63. The molecule has 1 unspecified atom stereocenters. The Hall–Kier alpha value is -1.00. The second-order valence-corrected chi connectivity index (χ2v) is 12.4. The summed E-state index contributed by atoms with van der Waals surface area (Å²) in [5.41, 5.74) is 4.61. The van der Waals surface area contributed by atoms with E-state index in [4.69, 9.17) is 19.0 Å². The average Bonchev–Trinajstić information content (AvgIpc) is 2.53. The van der Waals surface area contributed by atoms with Gasteiger partial charge in [-0.1, -0.05) is 47.6 Å². The van der Waals surface area contributed by atoms with Crippen molar-refractivity contribution in [2.75, 3.05) is 12.3 Å². The third kappa shape index (κ3) is 12.3. The zero-order valence-electron chi connectivity index (χ0n) is 18.0. The monoisotopic (exact) mass is 444 g/mol. The van der Waals surface area contributed by atoms with Crippen molar-refractivity contribution >= 4 is 21.0 Å². The molecule has 0 saturated heterocycles. The highest BCUT2D eigenvalue weighted by atomic mass is 31.2. The molecule has 0 spiro atoms. The number of rotatable bonds is 12. The molecule has 0 amide bonds. The number of ether oxygens (including phenoxy) is 1. The molecule has 0 aromatic heterocycles. The van der Waals surface area contributed by atoms with Crippen LogP contribution in [0.5, 0.6) is 0 Å². The molecule has 164 valence electrons. The molecule has 1 atom stereocenters. The minimum absolute atomic E-state index is 0.191. The zero-order chi connectivity index (χ0) is 22.1. The van der Waals surface area contributed by atoms with E-state index in [1.807, 2.05) is 24.3 Å². The molecule has 0 heterocycles. The van der Waals surface area contributed by atoms with Crippen molar-refractivity contribution in [2.24, 2.45) is 0 Å². The van der Waals surface area contributed by atoms with Crippen LogP contribution in [-0.2, 0) is 25.0 Å². The van der Waals surface area contributed by atoms with E-state index >= 15 is 0 Å². The Bertz CT molecular complexity index is 786. The van der Waals surface area contributed by atoms with E-state index in [0.29, 0.717) is 0 Å². The van der Waals surface area contributed by atoms with E-state index in [2.05, 4.69) is 32.9 Å². The Labute approximate surface area is 174 Å². The summed E-state index contributed by atoms with van der Waals surface area (Å²) < 4.78 is 34.7. The first-order valence-corrected chi connectivity index (χ1v) is 13.5. The molecule has 2 N–H and O–H groups in total. The number of hydrogen-bond donors (Lipinski definition) is 2. The van der Waals surface area contributed by atoms with Gasteiger partial charge < -0.3 is 19.0 Å². The maximum Gasteiger partial charge on any atom is 0.335 e. The van der Waals surface area contributed by atoms with E-state index in [1.165, 1.54) is 11.1 Å². The molecular weight excluding hydrogens is 410 g/mol. The molecule has 0 aliphatic heterocycles. The maximum absolute atomic E-state index is 12.7. The standard InChI is InChI=1S/C21H34O6P2/c1-17(2)7-6-8-19(5)13-20-9-11-21(12-10-20)14-26-15-28(22,27-18(3)4)16-29(23,24)25/h7,9-13,18H,6,8,14-16H2,1-5H3,(H2,23,24,25)/b19-13+. The maximum atomic E-state index is 12.7. The van der Waals surface area contributed by atoms with Crippen LogP contribution in [0.3, 0.4) is 0 Å². The van der Waals surface area contributed by atoms with Gasteiger partial charge in [0.05, 0.1) is 12.7 Å². The Morgan fingerprint density at radius 3 is 2.24 bits per heavy atom. The van der Waals surface area contributed by atoms with Gasteiger partial charge in [-0.15, -0.1) is 0 Å². The average molecular weight is 444 g/mol. The summed E-state index contributed by atoms with van der Waals surface area (Å²) in [5.74, 6) is -0.812. The molecule has 0 bridgehead atoms.